The third-order valence-corrected chi connectivity index (χ3v) is 7.15. The SMILES string of the molecule is CC(C)(C)OC(=O)N1CCN(c2ccc(C(c3ccccc3)C(C)(C)C(=O)Nc3nncs3)cc2)CC1. The van der Waals surface area contributed by atoms with Gasteiger partial charge in [-0.3, -0.25) is 4.79 Å². The highest BCUT2D eigenvalue weighted by Gasteiger charge is 2.39. The van der Waals surface area contributed by atoms with Gasteiger partial charge in [0.15, 0.2) is 0 Å². The Morgan fingerprint density at radius 2 is 1.54 bits per heavy atom. The van der Waals surface area contributed by atoms with Crippen molar-refractivity contribution in [1.29, 1.82) is 0 Å². The number of nitrogens with one attached hydrogen (secondary N) is 1. The third-order valence-electron chi connectivity index (χ3n) is 6.54. The van der Waals surface area contributed by atoms with Gasteiger partial charge in [-0.05, 0) is 44.0 Å². The molecular weight excluding hydrogens is 486 g/mol. The van der Waals surface area contributed by atoms with Gasteiger partial charge in [-0.1, -0.05) is 67.6 Å². The Kier molecular flexibility index (Phi) is 7.82. The second-order valence-electron chi connectivity index (χ2n) is 10.8. The Labute approximate surface area is 222 Å². The molecule has 0 radical (unpaired) electrons. The van der Waals surface area contributed by atoms with E-state index in [1.807, 2.05) is 52.8 Å². The van der Waals surface area contributed by atoms with Gasteiger partial charge in [-0.25, -0.2) is 4.79 Å². The molecule has 196 valence electrons. The van der Waals surface area contributed by atoms with E-state index in [-0.39, 0.29) is 17.9 Å². The molecule has 1 atom stereocenters. The minimum atomic E-state index is -0.756. The molecule has 1 fully saturated rings. The lowest BCUT2D eigenvalue weighted by atomic mass is 9.70. The molecule has 1 saturated heterocycles. The summed E-state index contributed by atoms with van der Waals surface area (Å²) in [5.74, 6) is -0.278. The van der Waals surface area contributed by atoms with Crippen molar-refractivity contribution in [2.45, 2.75) is 46.1 Å². The number of benzene rings is 2. The molecule has 1 aromatic heterocycles. The number of aromatic nitrogens is 2. The van der Waals surface area contributed by atoms with Crippen molar-refractivity contribution in [2.24, 2.45) is 5.41 Å². The van der Waals surface area contributed by atoms with Crippen LogP contribution < -0.4 is 10.2 Å². The number of amides is 2. The zero-order valence-corrected chi connectivity index (χ0v) is 22.9. The van der Waals surface area contributed by atoms with Crippen molar-refractivity contribution in [1.82, 2.24) is 15.1 Å². The molecule has 0 spiro atoms. The number of hydrogen-bond donors (Lipinski definition) is 1. The number of nitrogens with zero attached hydrogens (tertiary/aromatic N) is 4. The summed E-state index contributed by atoms with van der Waals surface area (Å²) in [6.07, 6.45) is -0.262. The lowest BCUT2D eigenvalue weighted by Gasteiger charge is -2.37. The van der Waals surface area contributed by atoms with Crippen LogP contribution in [-0.4, -0.2) is 58.9 Å². The zero-order valence-electron chi connectivity index (χ0n) is 22.1. The van der Waals surface area contributed by atoms with Crippen molar-refractivity contribution >= 4 is 34.2 Å². The van der Waals surface area contributed by atoms with Crippen molar-refractivity contribution in [3.05, 3.63) is 71.2 Å². The maximum atomic E-state index is 13.4. The number of carbonyl (C=O) groups is 2. The molecule has 2 aromatic carbocycles. The standard InChI is InChI=1S/C28H35N5O3S/c1-27(2,3)36-26(35)33-17-15-32(16-18-33)22-13-11-21(12-14-22)23(20-9-7-6-8-10-20)28(4,5)24(34)30-25-31-29-19-37-25/h6-14,19,23H,15-18H2,1-5H3,(H,30,31,34). The molecule has 1 aliphatic heterocycles. The predicted molar refractivity (Wildman–Crippen MR) is 147 cm³/mol. The fraction of sp³-hybridized carbons (Fsp3) is 0.429. The lowest BCUT2D eigenvalue weighted by molar-refractivity contribution is -0.124. The van der Waals surface area contributed by atoms with Crippen LogP contribution in [0.1, 0.15) is 51.7 Å². The summed E-state index contributed by atoms with van der Waals surface area (Å²) in [6.45, 7) is 12.3. The summed E-state index contributed by atoms with van der Waals surface area (Å²) >= 11 is 1.30. The van der Waals surface area contributed by atoms with Gasteiger partial charge in [0.25, 0.3) is 0 Å². The Balaban J connectivity index is 1.51. The molecule has 1 aliphatic rings. The summed E-state index contributed by atoms with van der Waals surface area (Å²) in [7, 11) is 0. The first-order valence-electron chi connectivity index (χ1n) is 12.5. The van der Waals surface area contributed by atoms with Crippen LogP contribution >= 0.6 is 11.3 Å². The Morgan fingerprint density at radius 1 is 0.919 bits per heavy atom. The maximum absolute atomic E-state index is 13.4. The van der Waals surface area contributed by atoms with Gasteiger partial charge in [0.05, 0.1) is 5.41 Å². The summed E-state index contributed by atoms with van der Waals surface area (Å²) in [5, 5.41) is 11.2. The minimum Gasteiger partial charge on any atom is -0.444 e. The first-order chi connectivity index (χ1) is 17.5. The second-order valence-corrected chi connectivity index (χ2v) is 11.6. The topological polar surface area (TPSA) is 87.7 Å². The molecule has 1 N–H and O–H groups in total. The molecule has 4 rings (SSSR count). The van der Waals surface area contributed by atoms with Crippen molar-refractivity contribution in [2.75, 3.05) is 36.4 Å². The van der Waals surface area contributed by atoms with Gasteiger partial charge in [-0.15, -0.1) is 10.2 Å². The number of rotatable bonds is 6. The predicted octanol–water partition coefficient (Wildman–Crippen LogP) is 5.39. The fourth-order valence-electron chi connectivity index (χ4n) is 4.64. The van der Waals surface area contributed by atoms with Gasteiger partial charge in [0.2, 0.25) is 11.0 Å². The molecule has 2 heterocycles. The van der Waals surface area contributed by atoms with Gasteiger partial charge >= 0.3 is 6.09 Å². The molecule has 1 unspecified atom stereocenters. The van der Waals surface area contributed by atoms with E-state index >= 15 is 0 Å². The van der Waals surface area contributed by atoms with Crippen LogP contribution in [0, 0.1) is 5.41 Å². The molecular formula is C28H35N5O3S. The highest BCUT2D eigenvalue weighted by molar-refractivity contribution is 7.13. The number of piperazine rings is 1. The lowest BCUT2D eigenvalue weighted by Crippen LogP contribution is -2.50. The summed E-state index contributed by atoms with van der Waals surface area (Å²) < 4.78 is 5.52. The highest BCUT2D eigenvalue weighted by atomic mass is 32.1. The van der Waals surface area contributed by atoms with Crippen LogP contribution in [0.5, 0.6) is 0 Å². The van der Waals surface area contributed by atoms with Gasteiger partial charge in [0.1, 0.15) is 11.1 Å². The van der Waals surface area contributed by atoms with Gasteiger partial charge in [0, 0.05) is 37.8 Å². The number of hydrogen-bond acceptors (Lipinski definition) is 7. The molecule has 0 saturated carbocycles. The van der Waals surface area contributed by atoms with E-state index in [1.54, 1.807) is 10.4 Å². The molecule has 9 heteroatoms. The number of ether oxygens (including phenoxy) is 1. The quantitative estimate of drug-likeness (QED) is 0.468. The van der Waals surface area contributed by atoms with Gasteiger partial charge < -0.3 is 19.9 Å². The average molecular weight is 522 g/mol. The molecule has 3 aromatic rings. The van der Waals surface area contributed by atoms with E-state index in [0.29, 0.717) is 18.2 Å². The Bertz CT molecular complexity index is 1180. The smallest absolute Gasteiger partial charge is 0.410 e. The Hall–Kier alpha value is -3.46. The average Bonchev–Trinajstić information content (AvgIpc) is 3.37. The van der Waals surface area contributed by atoms with E-state index in [0.717, 1.165) is 29.9 Å². The van der Waals surface area contributed by atoms with Crippen molar-refractivity contribution < 1.29 is 14.3 Å². The van der Waals surface area contributed by atoms with E-state index in [1.165, 1.54) is 11.3 Å². The van der Waals surface area contributed by atoms with E-state index in [2.05, 4.69) is 56.8 Å². The maximum Gasteiger partial charge on any atom is 0.410 e. The van der Waals surface area contributed by atoms with Crippen LogP contribution in [0.3, 0.4) is 0 Å². The fourth-order valence-corrected chi connectivity index (χ4v) is 5.08. The largest absolute Gasteiger partial charge is 0.444 e. The summed E-state index contributed by atoms with van der Waals surface area (Å²) in [4.78, 5) is 29.8. The second kappa shape index (κ2) is 10.9. The van der Waals surface area contributed by atoms with E-state index in [9.17, 15) is 9.59 Å². The number of anilines is 2. The molecule has 0 bridgehead atoms. The normalized spacial score (nSPS) is 15.3. The van der Waals surface area contributed by atoms with Crippen LogP contribution in [0.2, 0.25) is 0 Å². The van der Waals surface area contributed by atoms with Crippen LogP contribution in [0.15, 0.2) is 60.1 Å². The van der Waals surface area contributed by atoms with Crippen LogP contribution in [-0.2, 0) is 9.53 Å². The highest BCUT2D eigenvalue weighted by Crippen LogP contribution is 2.42. The number of carbonyl (C=O) groups excluding carboxylic acids is 2. The van der Waals surface area contributed by atoms with Crippen LogP contribution in [0.4, 0.5) is 15.6 Å². The molecule has 37 heavy (non-hydrogen) atoms. The van der Waals surface area contributed by atoms with Crippen LogP contribution in [0.25, 0.3) is 0 Å². The zero-order chi connectivity index (χ0) is 26.6. The van der Waals surface area contributed by atoms with E-state index in [4.69, 9.17) is 4.74 Å². The first-order valence-corrected chi connectivity index (χ1v) is 13.4. The summed E-state index contributed by atoms with van der Waals surface area (Å²) in [5.41, 5.74) is 3.56. The Morgan fingerprint density at radius 3 is 2.11 bits per heavy atom. The van der Waals surface area contributed by atoms with Crippen molar-refractivity contribution in [3.63, 3.8) is 0 Å². The minimum absolute atomic E-state index is 0.111. The third kappa shape index (κ3) is 6.46. The molecule has 0 aliphatic carbocycles. The first kappa shape index (κ1) is 26.6. The summed E-state index contributed by atoms with van der Waals surface area (Å²) in [6, 6.07) is 18.5. The molecule has 8 nitrogen and oxygen atoms in total. The van der Waals surface area contributed by atoms with Crippen molar-refractivity contribution in [3.8, 4) is 0 Å². The van der Waals surface area contributed by atoms with Gasteiger partial charge in [-0.2, -0.15) is 0 Å². The van der Waals surface area contributed by atoms with E-state index < -0.39 is 11.0 Å². The molecule has 2 amide bonds. The monoisotopic (exact) mass is 521 g/mol.